The molecule has 1 heterocycles. The van der Waals surface area contributed by atoms with Crippen LogP contribution in [0.2, 0.25) is 5.02 Å². The first-order valence-electron chi connectivity index (χ1n) is 10.7. The molecule has 0 saturated carbocycles. The van der Waals surface area contributed by atoms with E-state index in [0.717, 1.165) is 28.8 Å². The van der Waals surface area contributed by atoms with Gasteiger partial charge in [0, 0.05) is 16.7 Å². The molecule has 0 bridgehead atoms. The van der Waals surface area contributed by atoms with Crippen molar-refractivity contribution in [1.82, 2.24) is 14.8 Å². The largest absolute Gasteiger partial charge is 0.490 e. The Labute approximate surface area is 206 Å². The van der Waals surface area contributed by atoms with E-state index in [-0.39, 0.29) is 18.7 Å². The van der Waals surface area contributed by atoms with Gasteiger partial charge in [0.1, 0.15) is 42.2 Å². The highest BCUT2D eigenvalue weighted by atomic mass is 35.5. The van der Waals surface area contributed by atoms with Gasteiger partial charge in [-0.2, -0.15) is 5.10 Å². The SMILES string of the molecule is C=C(/C=C/c1ccc(Cl)cc1)c1ccc(OC[C@](O)(Cn2cncn2)c2ccc(F)cc2F)cc1. The van der Waals surface area contributed by atoms with Crippen molar-refractivity contribution in [2.75, 3.05) is 6.61 Å². The minimum Gasteiger partial charge on any atom is -0.490 e. The molecule has 0 aliphatic heterocycles. The molecule has 178 valence electrons. The molecule has 1 N–H and O–H groups in total. The molecule has 0 fully saturated rings. The van der Waals surface area contributed by atoms with Gasteiger partial charge in [-0.25, -0.2) is 18.4 Å². The lowest BCUT2D eigenvalue weighted by molar-refractivity contribution is -0.0297. The van der Waals surface area contributed by atoms with Crippen LogP contribution in [0.4, 0.5) is 8.78 Å². The van der Waals surface area contributed by atoms with Crippen molar-refractivity contribution in [3.05, 3.63) is 125 Å². The van der Waals surface area contributed by atoms with E-state index in [1.54, 1.807) is 12.1 Å². The van der Waals surface area contributed by atoms with E-state index >= 15 is 0 Å². The minimum absolute atomic E-state index is 0.105. The predicted octanol–water partition coefficient (Wildman–Crippen LogP) is 5.90. The number of ether oxygens (including phenoxy) is 1. The summed E-state index contributed by atoms with van der Waals surface area (Å²) < 4.78 is 35.1. The second kappa shape index (κ2) is 10.6. The predicted molar refractivity (Wildman–Crippen MR) is 132 cm³/mol. The minimum atomic E-state index is -1.82. The Hall–Kier alpha value is -3.81. The van der Waals surface area contributed by atoms with Crippen LogP contribution in [0.3, 0.4) is 0 Å². The zero-order valence-corrected chi connectivity index (χ0v) is 19.4. The lowest BCUT2D eigenvalue weighted by atomic mass is 9.94. The lowest BCUT2D eigenvalue weighted by Crippen LogP contribution is -2.39. The third-order valence-corrected chi connectivity index (χ3v) is 5.62. The molecule has 4 rings (SSSR count). The van der Waals surface area contributed by atoms with Crippen molar-refractivity contribution in [2.45, 2.75) is 12.1 Å². The van der Waals surface area contributed by atoms with Crippen LogP contribution in [0.5, 0.6) is 5.75 Å². The Morgan fingerprint density at radius 3 is 2.49 bits per heavy atom. The maximum absolute atomic E-state index is 14.5. The number of hydrogen-bond donors (Lipinski definition) is 1. The van der Waals surface area contributed by atoms with E-state index in [1.165, 1.54) is 23.4 Å². The molecular weight excluding hydrogens is 472 g/mol. The summed E-state index contributed by atoms with van der Waals surface area (Å²) in [6.07, 6.45) is 6.53. The first-order chi connectivity index (χ1) is 16.8. The molecule has 1 aromatic heterocycles. The zero-order chi connectivity index (χ0) is 24.8. The van der Waals surface area contributed by atoms with Gasteiger partial charge in [0.25, 0.3) is 0 Å². The van der Waals surface area contributed by atoms with Crippen LogP contribution in [0.1, 0.15) is 16.7 Å². The normalized spacial score (nSPS) is 13.0. The Morgan fingerprint density at radius 2 is 1.83 bits per heavy atom. The van der Waals surface area contributed by atoms with Crippen molar-refractivity contribution in [1.29, 1.82) is 0 Å². The number of aliphatic hydroxyl groups is 1. The first-order valence-corrected chi connectivity index (χ1v) is 11.1. The monoisotopic (exact) mass is 493 g/mol. The van der Waals surface area contributed by atoms with E-state index in [9.17, 15) is 13.9 Å². The summed E-state index contributed by atoms with van der Waals surface area (Å²) in [6, 6.07) is 17.6. The second-order valence-electron chi connectivity index (χ2n) is 7.97. The fraction of sp³-hybridized carbons (Fsp3) is 0.111. The smallest absolute Gasteiger partial charge is 0.146 e. The maximum Gasteiger partial charge on any atom is 0.146 e. The van der Waals surface area contributed by atoms with E-state index in [1.807, 2.05) is 48.6 Å². The fourth-order valence-corrected chi connectivity index (χ4v) is 3.62. The molecule has 0 radical (unpaired) electrons. The van der Waals surface area contributed by atoms with Crippen LogP contribution in [0.15, 0.2) is 92.0 Å². The molecule has 0 aliphatic carbocycles. The summed E-state index contributed by atoms with van der Waals surface area (Å²) in [5, 5.41) is 16.0. The molecule has 0 aliphatic rings. The quantitative estimate of drug-likeness (QED) is 0.295. The molecule has 3 aromatic carbocycles. The van der Waals surface area contributed by atoms with Gasteiger partial charge in [-0.05, 0) is 47.0 Å². The Balaban J connectivity index is 1.47. The number of nitrogens with zero attached hydrogens (tertiary/aromatic N) is 3. The van der Waals surface area contributed by atoms with E-state index in [0.29, 0.717) is 10.8 Å². The average molecular weight is 494 g/mol. The first kappa shape index (κ1) is 24.3. The summed E-state index contributed by atoms with van der Waals surface area (Å²) >= 11 is 5.91. The summed E-state index contributed by atoms with van der Waals surface area (Å²) in [5.41, 5.74) is 0.740. The van der Waals surface area contributed by atoms with Gasteiger partial charge in [-0.3, -0.25) is 0 Å². The molecule has 0 amide bonds. The fourth-order valence-electron chi connectivity index (χ4n) is 3.49. The Bertz CT molecular complexity index is 1320. The van der Waals surface area contributed by atoms with Gasteiger partial charge in [0.05, 0.1) is 6.54 Å². The van der Waals surface area contributed by atoms with Gasteiger partial charge in [0.15, 0.2) is 0 Å². The van der Waals surface area contributed by atoms with Gasteiger partial charge in [0.2, 0.25) is 0 Å². The number of benzene rings is 3. The van der Waals surface area contributed by atoms with Gasteiger partial charge >= 0.3 is 0 Å². The highest BCUT2D eigenvalue weighted by Crippen LogP contribution is 2.28. The average Bonchev–Trinajstić information content (AvgIpc) is 3.35. The molecule has 35 heavy (non-hydrogen) atoms. The van der Waals surface area contributed by atoms with E-state index < -0.39 is 17.2 Å². The molecule has 0 saturated heterocycles. The molecule has 4 aromatic rings. The van der Waals surface area contributed by atoms with E-state index in [4.69, 9.17) is 16.3 Å². The van der Waals surface area contributed by atoms with Crippen LogP contribution < -0.4 is 4.74 Å². The molecule has 0 spiro atoms. The van der Waals surface area contributed by atoms with Gasteiger partial charge in [-0.1, -0.05) is 60.7 Å². The molecule has 5 nitrogen and oxygen atoms in total. The summed E-state index contributed by atoms with van der Waals surface area (Å²) in [5.74, 6) is -1.16. The molecule has 1 atom stereocenters. The van der Waals surface area contributed by atoms with Crippen LogP contribution in [0.25, 0.3) is 11.6 Å². The lowest BCUT2D eigenvalue weighted by Gasteiger charge is -2.29. The third kappa shape index (κ3) is 6.20. The van der Waals surface area contributed by atoms with Crippen LogP contribution >= 0.6 is 11.6 Å². The summed E-state index contributed by atoms with van der Waals surface area (Å²) in [7, 11) is 0. The van der Waals surface area contributed by atoms with Crippen molar-refractivity contribution < 1.29 is 18.6 Å². The number of rotatable bonds is 9. The van der Waals surface area contributed by atoms with Crippen molar-refractivity contribution in [3.8, 4) is 5.75 Å². The number of aromatic nitrogens is 3. The number of hydrogen-bond acceptors (Lipinski definition) is 4. The van der Waals surface area contributed by atoms with E-state index in [2.05, 4.69) is 16.7 Å². The third-order valence-electron chi connectivity index (χ3n) is 5.37. The van der Waals surface area contributed by atoms with Crippen LogP contribution in [-0.2, 0) is 12.1 Å². The highest BCUT2D eigenvalue weighted by Gasteiger charge is 2.34. The van der Waals surface area contributed by atoms with Crippen molar-refractivity contribution in [3.63, 3.8) is 0 Å². The number of allylic oxidation sites excluding steroid dienone is 2. The molecule has 0 unspecified atom stereocenters. The van der Waals surface area contributed by atoms with Crippen LogP contribution in [-0.4, -0.2) is 26.5 Å². The molecule has 8 heteroatoms. The Morgan fingerprint density at radius 1 is 1.09 bits per heavy atom. The number of halogens is 3. The standard InChI is InChI=1S/C27H22ClF2N3O2/c1-19(2-3-20-4-8-22(28)9-5-20)21-6-11-24(12-7-21)35-16-27(34,15-33-18-31-17-32-33)25-13-10-23(29)14-26(25)30/h2-14,17-18,34H,1,15-16H2/b3-2+/t27-/m1/s1. The molecular formula is C27H22ClF2N3O2. The van der Waals surface area contributed by atoms with Gasteiger partial charge in [-0.15, -0.1) is 0 Å². The van der Waals surface area contributed by atoms with Crippen molar-refractivity contribution in [2.24, 2.45) is 0 Å². The maximum atomic E-state index is 14.5. The van der Waals surface area contributed by atoms with Gasteiger partial charge < -0.3 is 9.84 Å². The highest BCUT2D eigenvalue weighted by molar-refractivity contribution is 6.30. The Kier molecular flexibility index (Phi) is 7.39. The van der Waals surface area contributed by atoms with Crippen LogP contribution in [0, 0.1) is 11.6 Å². The summed E-state index contributed by atoms with van der Waals surface area (Å²) in [4.78, 5) is 3.85. The van der Waals surface area contributed by atoms with Crippen molar-refractivity contribution >= 4 is 23.3 Å². The zero-order valence-electron chi connectivity index (χ0n) is 18.6. The second-order valence-corrected chi connectivity index (χ2v) is 8.41. The summed E-state index contributed by atoms with van der Waals surface area (Å²) in [6.45, 7) is 3.65. The topological polar surface area (TPSA) is 60.2 Å².